The summed E-state index contributed by atoms with van der Waals surface area (Å²) in [4.78, 5) is 0. The third-order valence-corrected chi connectivity index (χ3v) is 2.51. The van der Waals surface area contributed by atoms with E-state index in [0.29, 0.717) is 0 Å². The Morgan fingerprint density at radius 2 is 2.06 bits per heavy atom. The smallest absolute Gasteiger partial charge is 0.123 e. The predicted molar refractivity (Wildman–Crippen MR) is 60.4 cm³/mol. The van der Waals surface area contributed by atoms with E-state index in [1.807, 2.05) is 26.2 Å². The van der Waals surface area contributed by atoms with Crippen LogP contribution in [-0.4, -0.2) is 9.78 Å². The molecule has 0 fully saturated rings. The van der Waals surface area contributed by atoms with Crippen LogP contribution in [0.2, 0.25) is 0 Å². The Labute approximate surface area is 93.7 Å². The fraction of sp³-hybridized carbons (Fsp3) is 0.250. The summed E-state index contributed by atoms with van der Waals surface area (Å²) in [5.74, 6) is -0.255. The van der Waals surface area contributed by atoms with Crippen LogP contribution in [0.4, 0.5) is 4.39 Å². The number of nitrogens with zero attached hydrogens (tertiary/aromatic N) is 2. The summed E-state index contributed by atoms with van der Waals surface area (Å²) >= 11 is 0. The molecule has 2 N–H and O–H groups in total. The lowest BCUT2D eigenvalue weighted by Crippen LogP contribution is -2.11. The van der Waals surface area contributed by atoms with Gasteiger partial charge in [-0.2, -0.15) is 5.10 Å². The van der Waals surface area contributed by atoms with Gasteiger partial charge in [-0.3, -0.25) is 4.68 Å². The van der Waals surface area contributed by atoms with Crippen LogP contribution in [0.5, 0.6) is 0 Å². The van der Waals surface area contributed by atoms with Gasteiger partial charge in [0.25, 0.3) is 0 Å². The highest BCUT2D eigenvalue weighted by atomic mass is 19.1. The fourth-order valence-corrected chi connectivity index (χ4v) is 1.74. The van der Waals surface area contributed by atoms with Crippen LogP contribution < -0.4 is 5.73 Å². The van der Waals surface area contributed by atoms with Gasteiger partial charge in [-0.15, -0.1) is 0 Å². The first-order chi connectivity index (χ1) is 7.56. The van der Waals surface area contributed by atoms with Crippen molar-refractivity contribution in [3.8, 4) is 0 Å². The Kier molecular flexibility index (Phi) is 2.75. The van der Waals surface area contributed by atoms with Gasteiger partial charge in [0.15, 0.2) is 0 Å². The Bertz CT molecular complexity index is 484. The molecule has 0 saturated carbocycles. The SMILES string of the molecule is Cc1cc(F)cc(C(N)c2cnn(C)c2)c1. The summed E-state index contributed by atoms with van der Waals surface area (Å²) in [5.41, 5.74) is 8.57. The van der Waals surface area contributed by atoms with E-state index in [-0.39, 0.29) is 11.9 Å². The van der Waals surface area contributed by atoms with Gasteiger partial charge in [0.05, 0.1) is 12.2 Å². The Hall–Kier alpha value is -1.68. The minimum atomic E-state index is -0.330. The third kappa shape index (κ3) is 2.12. The van der Waals surface area contributed by atoms with E-state index < -0.39 is 0 Å². The van der Waals surface area contributed by atoms with Crippen LogP contribution in [-0.2, 0) is 7.05 Å². The Balaban J connectivity index is 2.37. The lowest BCUT2D eigenvalue weighted by molar-refractivity contribution is 0.622. The molecule has 2 rings (SSSR count). The zero-order valence-corrected chi connectivity index (χ0v) is 9.31. The van der Waals surface area contributed by atoms with E-state index in [2.05, 4.69) is 5.10 Å². The predicted octanol–water partition coefficient (Wildman–Crippen LogP) is 1.92. The number of aromatic nitrogens is 2. The zero-order valence-electron chi connectivity index (χ0n) is 9.31. The normalized spacial score (nSPS) is 12.8. The van der Waals surface area contributed by atoms with Gasteiger partial charge >= 0.3 is 0 Å². The van der Waals surface area contributed by atoms with Gasteiger partial charge in [0.2, 0.25) is 0 Å². The maximum atomic E-state index is 13.2. The molecule has 1 aromatic heterocycles. The van der Waals surface area contributed by atoms with Gasteiger partial charge in [-0.25, -0.2) is 4.39 Å². The summed E-state index contributed by atoms with van der Waals surface area (Å²) < 4.78 is 14.9. The van der Waals surface area contributed by atoms with Gasteiger partial charge < -0.3 is 5.73 Å². The number of aryl methyl sites for hydroxylation is 2. The first-order valence-corrected chi connectivity index (χ1v) is 5.07. The second-order valence-electron chi connectivity index (χ2n) is 3.99. The molecular weight excluding hydrogens is 205 g/mol. The minimum Gasteiger partial charge on any atom is -0.320 e. The molecule has 0 saturated heterocycles. The highest BCUT2D eigenvalue weighted by Crippen LogP contribution is 2.20. The van der Waals surface area contributed by atoms with Crippen molar-refractivity contribution in [1.82, 2.24) is 9.78 Å². The molecule has 1 atom stereocenters. The van der Waals surface area contributed by atoms with E-state index in [4.69, 9.17) is 5.73 Å². The lowest BCUT2D eigenvalue weighted by Gasteiger charge is -2.10. The standard InChI is InChI=1S/C12H14FN3/c1-8-3-9(5-11(13)4-8)12(14)10-6-15-16(2)7-10/h3-7,12H,14H2,1-2H3. The largest absolute Gasteiger partial charge is 0.320 e. The van der Waals surface area contributed by atoms with Crippen molar-refractivity contribution in [2.75, 3.05) is 0 Å². The molecular formula is C12H14FN3. The number of rotatable bonds is 2. The molecule has 0 aliphatic rings. The first-order valence-electron chi connectivity index (χ1n) is 5.07. The monoisotopic (exact) mass is 219 g/mol. The molecule has 2 aromatic rings. The van der Waals surface area contributed by atoms with Crippen molar-refractivity contribution in [2.45, 2.75) is 13.0 Å². The number of hydrogen-bond acceptors (Lipinski definition) is 2. The second kappa shape index (κ2) is 4.06. The summed E-state index contributed by atoms with van der Waals surface area (Å²) in [6, 6.07) is 4.51. The molecule has 1 aromatic carbocycles. The fourth-order valence-electron chi connectivity index (χ4n) is 1.74. The average Bonchev–Trinajstić information content (AvgIpc) is 2.62. The minimum absolute atomic E-state index is 0.255. The molecule has 0 aliphatic carbocycles. The lowest BCUT2D eigenvalue weighted by atomic mass is 10.0. The molecule has 3 nitrogen and oxygen atoms in total. The van der Waals surface area contributed by atoms with Crippen LogP contribution in [0, 0.1) is 12.7 Å². The average molecular weight is 219 g/mol. The summed E-state index contributed by atoms with van der Waals surface area (Å²) in [7, 11) is 1.83. The van der Waals surface area contributed by atoms with E-state index in [1.165, 1.54) is 12.1 Å². The van der Waals surface area contributed by atoms with Crippen LogP contribution in [0.15, 0.2) is 30.6 Å². The van der Waals surface area contributed by atoms with Crippen molar-refractivity contribution >= 4 is 0 Å². The van der Waals surface area contributed by atoms with Crippen molar-refractivity contribution in [1.29, 1.82) is 0 Å². The molecule has 0 aliphatic heterocycles. The number of hydrogen-bond donors (Lipinski definition) is 1. The summed E-state index contributed by atoms with van der Waals surface area (Å²) in [5, 5.41) is 4.05. The molecule has 0 amide bonds. The molecule has 1 heterocycles. The highest BCUT2D eigenvalue weighted by molar-refractivity contribution is 5.32. The molecule has 16 heavy (non-hydrogen) atoms. The van der Waals surface area contributed by atoms with E-state index in [0.717, 1.165) is 16.7 Å². The van der Waals surface area contributed by atoms with Crippen LogP contribution in [0.1, 0.15) is 22.7 Å². The molecule has 84 valence electrons. The van der Waals surface area contributed by atoms with Gasteiger partial charge in [-0.1, -0.05) is 6.07 Å². The quantitative estimate of drug-likeness (QED) is 0.838. The van der Waals surface area contributed by atoms with Crippen LogP contribution in [0.25, 0.3) is 0 Å². The second-order valence-corrected chi connectivity index (χ2v) is 3.99. The maximum Gasteiger partial charge on any atom is 0.123 e. The number of halogens is 1. The Morgan fingerprint density at radius 1 is 1.31 bits per heavy atom. The highest BCUT2D eigenvalue weighted by Gasteiger charge is 2.11. The van der Waals surface area contributed by atoms with Gasteiger partial charge in [0, 0.05) is 18.8 Å². The topological polar surface area (TPSA) is 43.8 Å². The first kappa shape index (κ1) is 10.8. The molecule has 0 radical (unpaired) electrons. The van der Waals surface area contributed by atoms with Crippen molar-refractivity contribution in [3.63, 3.8) is 0 Å². The summed E-state index contributed by atoms with van der Waals surface area (Å²) in [6.45, 7) is 1.85. The number of benzene rings is 1. The van der Waals surface area contributed by atoms with E-state index in [9.17, 15) is 4.39 Å². The molecule has 4 heteroatoms. The number of nitrogens with two attached hydrogens (primary N) is 1. The van der Waals surface area contributed by atoms with E-state index >= 15 is 0 Å². The summed E-state index contributed by atoms with van der Waals surface area (Å²) in [6.07, 6.45) is 3.54. The maximum absolute atomic E-state index is 13.2. The van der Waals surface area contributed by atoms with Crippen LogP contribution in [0.3, 0.4) is 0 Å². The van der Waals surface area contributed by atoms with Gasteiger partial charge in [-0.05, 0) is 30.2 Å². The molecule has 0 spiro atoms. The molecule has 0 bridgehead atoms. The van der Waals surface area contributed by atoms with Crippen molar-refractivity contribution in [2.24, 2.45) is 12.8 Å². The van der Waals surface area contributed by atoms with E-state index in [1.54, 1.807) is 10.9 Å². The van der Waals surface area contributed by atoms with Gasteiger partial charge in [0.1, 0.15) is 5.82 Å². The third-order valence-electron chi connectivity index (χ3n) is 2.51. The zero-order chi connectivity index (χ0) is 11.7. The van der Waals surface area contributed by atoms with Crippen LogP contribution >= 0.6 is 0 Å². The van der Waals surface area contributed by atoms with Crippen molar-refractivity contribution in [3.05, 3.63) is 53.1 Å². The Morgan fingerprint density at radius 3 is 2.62 bits per heavy atom. The van der Waals surface area contributed by atoms with Crippen molar-refractivity contribution < 1.29 is 4.39 Å². The molecule has 1 unspecified atom stereocenters.